The molecular weight excluding hydrogens is 326 g/mol. The minimum absolute atomic E-state index is 0.123. The monoisotopic (exact) mass is 343 g/mol. The van der Waals surface area contributed by atoms with Gasteiger partial charge in [0, 0.05) is 6.20 Å². The first kappa shape index (κ1) is 17.2. The Morgan fingerprint density at radius 3 is 2.42 bits per heavy atom. The molecule has 5 nitrogen and oxygen atoms in total. The van der Waals surface area contributed by atoms with Gasteiger partial charge in [0.15, 0.2) is 6.61 Å². The number of pyridine rings is 1. The molecule has 2 aromatic carbocycles. The zero-order chi connectivity index (χ0) is 18.2. The zero-order valence-corrected chi connectivity index (χ0v) is 14.0. The van der Waals surface area contributed by atoms with Crippen LogP contribution >= 0.6 is 0 Å². The van der Waals surface area contributed by atoms with Crippen LogP contribution in [0.4, 0.5) is 0 Å². The molecule has 128 valence electrons. The van der Waals surface area contributed by atoms with Crippen molar-refractivity contribution >= 4 is 5.91 Å². The molecule has 1 atom stereocenters. The fourth-order valence-corrected chi connectivity index (χ4v) is 2.50. The Morgan fingerprint density at radius 2 is 1.77 bits per heavy atom. The number of aromatic nitrogens is 1. The van der Waals surface area contributed by atoms with Crippen molar-refractivity contribution in [2.45, 2.75) is 6.04 Å². The third kappa shape index (κ3) is 4.46. The molecule has 1 aromatic heterocycles. The van der Waals surface area contributed by atoms with Gasteiger partial charge in [-0.25, -0.2) is 0 Å². The van der Waals surface area contributed by atoms with E-state index in [1.165, 1.54) is 0 Å². The van der Waals surface area contributed by atoms with Gasteiger partial charge in [0.2, 0.25) is 0 Å². The summed E-state index contributed by atoms with van der Waals surface area (Å²) >= 11 is 0. The number of nitriles is 1. The van der Waals surface area contributed by atoms with Gasteiger partial charge in [0.1, 0.15) is 5.75 Å². The molecule has 5 heteroatoms. The Balaban J connectivity index is 1.68. The molecule has 0 aliphatic heterocycles. The molecule has 0 fully saturated rings. The average Bonchev–Trinajstić information content (AvgIpc) is 2.72. The van der Waals surface area contributed by atoms with Gasteiger partial charge in [0.25, 0.3) is 5.91 Å². The van der Waals surface area contributed by atoms with Crippen LogP contribution in [0, 0.1) is 11.3 Å². The maximum atomic E-state index is 12.4. The average molecular weight is 343 g/mol. The molecule has 0 bridgehead atoms. The molecule has 0 saturated heterocycles. The number of carbonyl (C=O) groups excluding carboxylic acids is 1. The van der Waals surface area contributed by atoms with E-state index < -0.39 is 0 Å². The van der Waals surface area contributed by atoms with Gasteiger partial charge in [-0.15, -0.1) is 0 Å². The van der Waals surface area contributed by atoms with Crippen molar-refractivity contribution in [3.05, 3.63) is 95.8 Å². The summed E-state index contributed by atoms with van der Waals surface area (Å²) in [5, 5.41) is 11.8. The summed E-state index contributed by atoms with van der Waals surface area (Å²) in [5.41, 5.74) is 2.24. The van der Waals surface area contributed by atoms with E-state index in [4.69, 9.17) is 10.00 Å². The van der Waals surface area contributed by atoms with E-state index in [1.54, 1.807) is 30.5 Å². The highest BCUT2D eigenvalue weighted by atomic mass is 16.5. The van der Waals surface area contributed by atoms with Gasteiger partial charge in [0.05, 0.1) is 23.4 Å². The third-order valence-corrected chi connectivity index (χ3v) is 3.78. The van der Waals surface area contributed by atoms with Crippen LogP contribution in [0.5, 0.6) is 5.75 Å². The molecular formula is C21H17N3O2. The van der Waals surface area contributed by atoms with Crippen molar-refractivity contribution in [1.82, 2.24) is 10.3 Å². The predicted molar refractivity (Wildman–Crippen MR) is 97.3 cm³/mol. The number of ether oxygens (including phenoxy) is 1. The van der Waals surface area contributed by atoms with Gasteiger partial charge in [-0.2, -0.15) is 5.26 Å². The molecule has 1 N–H and O–H groups in total. The molecule has 1 amide bonds. The quantitative estimate of drug-likeness (QED) is 0.745. The summed E-state index contributed by atoms with van der Waals surface area (Å²) in [6, 6.07) is 23.6. The van der Waals surface area contributed by atoms with E-state index in [0.717, 1.165) is 11.3 Å². The van der Waals surface area contributed by atoms with E-state index in [9.17, 15) is 4.79 Å². The van der Waals surface area contributed by atoms with E-state index in [1.807, 2.05) is 54.6 Å². The number of nitrogens with zero attached hydrogens (tertiary/aromatic N) is 2. The molecule has 0 saturated carbocycles. The second-order valence-corrected chi connectivity index (χ2v) is 5.59. The van der Waals surface area contributed by atoms with Crippen LogP contribution in [0.3, 0.4) is 0 Å². The molecule has 26 heavy (non-hydrogen) atoms. The Labute approximate surface area is 151 Å². The predicted octanol–water partition coefficient (Wildman–Crippen LogP) is 3.24. The SMILES string of the molecule is N#Cc1ccc(OCC(=O)NC(c2ccccc2)c2ccccn2)cc1. The summed E-state index contributed by atoms with van der Waals surface area (Å²) < 4.78 is 5.50. The topological polar surface area (TPSA) is 75.0 Å². The minimum Gasteiger partial charge on any atom is -0.484 e. The second kappa shape index (κ2) is 8.45. The lowest BCUT2D eigenvalue weighted by Gasteiger charge is -2.19. The van der Waals surface area contributed by atoms with Crippen molar-refractivity contribution in [3.63, 3.8) is 0 Å². The van der Waals surface area contributed by atoms with Crippen LogP contribution in [-0.4, -0.2) is 17.5 Å². The van der Waals surface area contributed by atoms with E-state index in [2.05, 4.69) is 10.3 Å². The van der Waals surface area contributed by atoms with Gasteiger partial charge in [-0.1, -0.05) is 36.4 Å². The normalized spacial score (nSPS) is 11.2. The number of rotatable bonds is 6. The number of amides is 1. The van der Waals surface area contributed by atoms with Crippen molar-refractivity contribution in [2.24, 2.45) is 0 Å². The zero-order valence-electron chi connectivity index (χ0n) is 14.0. The molecule has 1 unspecified atom stereocenters. The smallest absolute Gasteiger partial charge is 0.258 e. The number of benzene rings is 2. The van der Waals surface area contributed by atoms with E-state index in [0.29, 0.717) is 11.3 Å². The van der Waals surface area contributed by atoms with Gasteiger partial charge >= 0.3 is 0 Å². The van der Waals surface area contributed by atoms with Crippen molar-refractivity contribution in [3.8, 4) is 11.8 Å². The van der Waals surface area contributed by atoms with Crippen LogP contribution in [0.1, 0.15) is 22.9 Å². The first-order valence-electron chi connectivity index (χ1n) is 8.14. The fourth-order valence-electron chi connectivity index (χ4n) is 2.50. The van der Waals surface area contributed by atoms with Crippen LogP contribution < -0.4 is 10.1 Å². The summed E-state index contributed by atoms with van der Waals surface area (Å²) in [7, 11) is 0. The van der Waals surface area contributed by atoms with Crippen molar-refractivity contribution in [1.29, 1.82) is 5.26 Å². The Hall–Kier alpha value is -3.65. The van der Waals surface area contributed by atoms with Crippen LogP contribution in [-0.2, 0) is 4.79 Å². The Kier molecular flexibility index (Phi) is 5.58. The molecule has 3 rings (SSSR count). The number of hydrogen-bond acceptors (Lipinski definition) is 4. The Bertz CT molecular complexity index is 849. The van der Waals surface area contributed by atoms with E-state index >= 15 is 0 Å². The lowest BCUT2D eigenvalue weighted by atomic mass is 10.0. The number of nitrogens with one attached hydrogen (secondary N) is 1. The lowest BCUT2D eigenvalue weighted by Crippen LogP contribution is -2.33. The van der Waals surface area contributed by atoms with Crippen molar-refractivity contribution in [2.75, 3.05) is 6.61 Å². The lowest BCUT2D eigenvalue weighted by molar-refractivity contribution is -0.123. The molecule has 0 spiro atoms. The number of hydrogen-bond donors (Lipinski definition) is 1. The fraction of sp³-hybridized carbons (Fsp3) is 0.0952. The molecule has 1 heterocycles. The molecule has 0 radical (unpaired) electrons. The Morgan fingerprint density at radius 1 is 1.04 bits per heavy atom. The molecule has 0 aliphatic rings. The van der Waals surface area contributed by atoms with Crippen LogP contribution in [0.25, 0.3) is 0 Å². The summed E-state index contributed by atoms with van der Waals surface area (Å²) in [6.45, 7) is -0.123. The maximum absolute atomic E-state index is 12.4. The first-order valence-corrected chi connectivity index (χ1v) is 8.14. The van der Waals surface area contributed by atoms with Gasteiger partial charge in [-0.05, 0) is 42.0 Å². The second-order valence-electron chi connectivity index (χ2n) is 5.59. The van der Waals surface area contributed by atoms with Gasteiger partial charge < -0.3 is 10.1 Å². The highest BCUT2D eigenvalue weighted by Gasteiger charge is 2.18. The molecule has 0 aliphatic carbocycles. The molecule has 3 aromatic rings. The van der Waals surface area contributed by atoms with Crippen LogP contribution in [0.15, 0.2) is 79.0 Å². The summed E-state index contributed by atoms with van der Waals surface area (Å²) in [6.07, 6.45) is 1.70. The minimum atomic E-state index is -0.352. The largest absolute Gasteiger partial charge is 0.484 e. The van der Waals surface area contributed by atoms with Crippen molar-refractivity contribution < 1.29 is 9.53 Å². The van der Waals surface area contributed by atoms with Gasteiger partial charge in [-0.3, -0.25) is 9.78 Å². The highest BCUT2D eigenvalue weighted by Crippen LogP contribution is 2.20. The third-order valence-electron chi connectivity index (χ3n) is 3.78. The maximum Gasteiger partial charge on any atom is 0.258 e. The summed E-state index contributed by atoms with van der Waals surface area (Å²) in [4.78, 5) is 16.7. The number of carbonyl (C=O) groups is 1. The summed E-state index contributed by atoms with van der Waals surface area (Å²) in [5.74, 6) is 0.280. The standard InChI is InChI=1S/C21H17N3O2/c22-14-16-9-11-18(12-10-16)26-15-20(25)24-21(17-6-2-1-3-7-17)19-8-4-5-13-23-19/h1-13,21H,15H2,(H,24,25). The highest BCUT2D eigenvalue weighted by molar-refractivity contribution is 5.78. The first-order chi connectivity index (χ1) is 12.8. The van der Waals surface area contributed by atoms with E-state index in [-0.39, 0.29) is 18.6 Å². The van der Waals surface area contributed by atoms with Crippen LogP contribution in [0.2, 0.25) is 0 Å².